The molecule has 138 valence electrons. The first kappa shape index (κ1) is 17.3. The van der Waals surface area contributed by atoms with Crippen LogP contribution in [0.3, 0.4) is 0 Å². The van der Waals surface area contributed by atoms with Gasteiger partial charge in [-0.15, -0.1) is 0 Å². The van der Waals surface area contributed by atoms with Crippen LogP contribution in [0.1, 0.15) is 37.3 Å². The summed E-state index contributed by atoms with van der Waals surface area (Å²) in [6, 6.07) is 5.40. The molecule has 1 aromatic rings. The molecule has 0 spiro atoms. The van der Waals surface area contributed by atoms with Gasteiger partial charge in [-0.05, 0) is 49.1 Å². The normalized spacial score (nSPS) is 28.2. The number of halogens is 3. The van der Waals surface area contributed by atoms with Crippen molar-refractivity contribution < 1.29 is 17.9 Å². The van der Waals surface area contributed by atoms with Gasteiger partial charge in [0, 0.05) is 19.6 Å². The van der Waals surface area contributed by atoms with Crippen molar-refractivity contribution in [1.29, 1.82) is 0 Å². The molecule has 2 aliphatic heterocycles. The van der Waals surface area contributed by atoms with E-state index in [0.717, 1.165) is 55.0 Å². The standard InChI is InChI=1S/C20H21F3N2O/c1-19-11-15(14-4-7-16(8-5-14)20(21,22)23)6-9-18(19)24-13-25(19)12-17-3-2-10-26-17/h4-9,13,17H,2-3,10-12H2,1H3. The largest absolute Gasteiger partial charge is 0.416 e. The summed E-state index contributed by atoms with van der Waals surface area (Å²) < 4.78 is 44.1. The second kappa shape index (κ2) is 6.27. The molecular weight excluding hydrogens is 341 g/mol. The molecule has 2 unspecified atom stereocenters. The molecule has 6 heteroatoms. The zero-order valence-electron chi connectivity index (χ0n) is 14.6. The van der Waals surface area contributed by atoms with Crippen LogP contribution in [0.4, 0.5) is 13.2 Å². The van der Waals surface area contributed by atoms with Crippen molar-refractivity contribution in [2.45, 2.75) is 44.0 Å². The maximum absolute atomic E-state index is 12.8. The molecule has 1 aliphatic carbocycles. The molecule has 3 aliphatic rings. The summed E-state index contributed by atoms with van der Waals surface area (Å²) in [5, 5.41) is 0. The predicted octanol–water partition coefficient (Wildman–Crippen LogP) is 4.66. The number of hydrogen-bond donors (Lipinski definition) is 0. The molecule has 2 atom stereocenters. The molecule has 1 aromatic carbocycles. The summed E-state index contributed by atoms with van der Waals surface area (Å²) in [7, 11) is 0. The smallest absolute Gasteiger partial charge is 0.376 e. The highest BCUT2D eigenvalue weighted by atomic mass is 19.4. The van der Waals surface area contributed by atoms with Gasteiger partial charge < -0.3 is 9.64 Å². The molecule has 1 fully saturated rings. The number of alkyl halides is 3. The number of benzene rings is 1. The third-order valence-electron chi connectivity index (χ3n) is 5.51. The fraction of sp³-hybridized carbons (Fsp3) is 0.450. The SMILES string of the molecule is CC12CC(c3ccc(C(F)(F)F)cc3)=CC=C1N=CN2CC1CCCO1. The van der Waals surface area contributed by atoms with Crippen molar-refractivity contribution in [3.63, 3.8) is 0 Å². The van der Waals surface area contributed by atoms with Gasteiger partial charge in [0.1, 0.15) is 0 Å². The average molecular weight is 362 g/mol. The summed E-state index contributed by atoms with van der Waals surface area (Å²) in [6.45, 7) is 3.74. The second-order valence-electron chi connectivity index (χ2n) is 7.30. The first-order chi connectivity index (χ1) is 12.4. The lowest BCUT2D eigenvalue weighted by atomic mass is 9.82. The van der Waals surface area contributed by atoms with Gasteiger partial charge in [0.2, 0.25) is 0 Å². The van der Waals surface area contributed by atoms with Crippen LogP contribution >= 0.6 is 0 Å². The molecule has 2 heterocycles. The van der Waals surface area contributed by atoms with E-state index in [2.05, 4.69) is 16.8 Å². The minimum Gasteiger partial charge on any atom is -0.376 e. The molecule has 4 rings (SSSR count). The van der Waals surface area contributed by atoms with Crippen LogP contribution in [0.2, 0.25) is 0 Å². The third-order valence-corrected chi connectivity index (χ3v) is 5.51. The van der Waals surface area contributed by atoms with Crippen molar-refractivity contribution in [1.82, 2.24) is 4.90 Å². The van der Waals surface area contributed by atoms with Crippen LogP contribution < -0.4 is 0 Å². The van der Waals surface area contributed by atoms with Crippen LogP contribution in [-0.4, -0.2) is 36.0 Å². The van der Waals surface area contributed by atoms with Gasteiger partial charge in [-0.1, -0.05) is 18.2 Å². The van der Waals surface area contributed by atoms with Crippen molar-refractivity contribution >= 4 is 11.9 Å². The van der Waals surface area contributed by atoms with Crippen LogP contribution in [0.25, 0.3) is 5.57 Å². The molecule has 1 saturated heterocycles. The Morgan fingerprint density at radius 2 is 2.00 bits per heavy atom. The van der Waals surface area contributed by atoms with Crippen molar-refractivity contribution in [2.75, 3.05) is 13.2 Å². The van der Waals surface area contributed by atoms with E-state index in [1.54, 1.807) is 12.1 Å². The Morgan fingerprint density at radius 3 is 2.65 bits per heavy atom. The molecule has 0 saturated carbocycles. The fourth-order valence-electron chi connectivity index (χ4n) is 3.90. The van der Waals surface area contributed by atoms with Gasteiger partial charge in [-0.25, -0.2) is 4.99 Å². The highest BCUT2D eigenvalue weighted by Gasteiger charge is 2.42. The molecule has 0 amide bonds. The Balaban J connectivity index is 1.54. The number of allylic oxidation sites excluding steroid dienone is 2. The van der Waals surface area contributed by atoms with E-state index in [0.29, 0.717) is 6.42 Å². The Morgan fingerprint density at radius 1 is 1.23 bits per heavy atom. The number of nitrogens with zero attached hydrogens (tertiary/aromatic N) is 2. The van der Waals surface area contributed by atoms with Gasteiger partial charge in [-0.2, -0.15) is 13.2 Å². The summed E-state index contributed by atoms with van der Waals surface area (Å²) in [4.78, 5) is 6.75. The maximum atomic E-state index is 12.8. The highest BCUT2D eigenvalue weighted by Crippen LogP contribution is 2.42. The summed E-state index contributed by atoms with van der Waals surface area (Å²) >= 11 is 0. The molecule has 3 nitrogen and oxygen atoms in total. The molecule has 0 N–H and O–H groups in total. The quantitative estimate of drug-likeness (QED) is 0.781. The summed E-state index contributed by atoms with van der Waals surface area (Å²) in [5.74, 6) is 0. The van der Waals surface area contributed by atoms with Crippen molar-refractivity contribution in [3.05, 3.63) is 53.2 Å². The van der Waals surface area contributed by atoms with E-state index in [9.17, 15) is 13.2 Å². The van der Waals surface area contributed by atoms with Crippen LogP contribution in [0.5, 0.6) is 0 Å². The van der Waals surface area contributed by atoms with Gasteiger partial charge >= 0.3 is 6.18 Å². The number of ether oxygens (including phenoxy) is 1. The van der Waals surface area contributed by atoms with Crippen molar-refractivity contribution in [3.8, 4) is 0 Å². The third kappa shape index (κ3) is 3.07. The molecular formula is C20H21F3N2O. The molecule has 0 bridgehead atoms. The van der Waals surface area contributed by atoms with Gasteiger partial charge in [0.25, 0.3) is 0 Å². The Labute approximate surface area is 150 Å². The fourth-order valence-corrected chi connectivity index (χ4v) is 3.90. The van der Waals surface area contributed by atoms with E-state index in [1.165, 1.54) is 0 Å². The van der Waals surface area contributed by atoms with Crippen LogP contribution in [0, 0.1) is 0 Å². The predicted molar refractivity (Wildman–Crippen MR) is 94.7 cm³/mol. The molecule has 0 aromatic heterocycles. The van der Waals surface area contributed by atoms with Crippen LogP contribution in [0.15, 0.2) is 47.1 Å². The van der Waals surface area contributed by atoms with Gasteiger partial charge in [-0.3, -0.25) is 0 Å². The van der Waals surface area contributed by atoms with Crippen LogP contribution in [-0.2, 0) is 10.9 Å². The number of hydrogen-bond acceptors (Lipinski definition) is 3. The van der Waals surface area contributed by atoms with Gasteiger partial charge in [0.05, 0.1) is 29.2 Å². The second-order valence-corrected chi connectivity index (χ2v) is 7.30. The Hall–Kier alpha value is -2.08. The zero-order valence-corrected chi connectivity index (χ0v) is 14.6. The Bertz CT molecular complexity index is 773. The minimum absolute atomic E-state index is 0.220. The van der Waals surface area contributed by atoms with E-state index < -0.39 is 11.7 Å². The van der Waals surface area contributed by atoms with Gasteiger partial charge in [0.15, 0.2) is 0 Å². The lowest BCUT2D eigenvalue weighted by Gasteiger charge is -2.39. The van der Waals surface area contributed by atoms with E-state index in [1.807, 2.05) is 18.5 Å². The van der Waals surface area contributed by atoms with E-state index in [-0.39, 0.29) is 11.6 Å². The number of fused-ring (bicyclic) bond motifs is 1. The molecule has 0 radical (unpaired) electrons. The monoisotopic (exact) mass is 362 g/mol. The average Bonchev–Trinajstić information content (AvgIpc) is 3.22. The first-order valence-electron chi connectivity index (χ1n) is 8.88. The lowest BCUT2D eigenvalue weighted by Crippen LogP contribution is -2.47. The molecule has 26 heavy (non-hydrogen) atoms. The number of aliphatic imine (C=N–C) groups is 1. The summed E-state index contributed by atoms with van der Waals surface area (Å²) in [5.41, 5.74) is 1.93. The zero-order chi connectivity index (χ0) is 18.4. The lowest BCUT2D eigenvalue weighted by molar-refractivity contribution is -0.137. The van der Waals surface area contributed by atoms with Crippen molar-refractivity contribution in [2.24, 2.45) is 4.99 Å². The minimum atomic E-state index is -4.31. The maximum Gasteiger partial charge on any atom is 0.416 e. The van der Waals surface area contributed by atoms with E-state index in [4.69, 9.17) is 4.74 Å². The van der Waals surface area contributed by atoms with E-state index >= 15 is 0 Å². The number of rotatable bonds is 3. The Kier molecular flexibility index (Phi) is 4.18. The first-order valence-corrected chi connectivity index (χ1v) is 8.88. The summed E-state index contributed by atoms with van der Waals surface area (Å²) in [6.07, 6.45) is 4.57. The highest BCUT2D eigenvalue weighted by molar-refractivity contribution is 5.75. The topological polar surface area (TPSA) is 24.8 Å².